The van der Waals surface area contributed by atoms with Gasteiger partial charge in [-0.25, -0.2) is 4.98 Å². The molecular formula is C33H29N2+. The monoisotopic (exact) mass is 453 g/mol. The molecule has 0 bridgehead atoms. The Balaban J connectivity index is 1.56. The number of nitrogens with zero attached hydrogens (tertiary/aromatic N) is 2. The zero-order chi connectivity index (χ0) is 24.2. The van der Waals surface area contributed by atoms with Crippen LogP contribution >= 0.6 is 0 Å². The van der Waals surface area contributed by atoms with Crippen molar-refractivity contribution in [2.24, 2.45) is 7.05 Å². The Hall–Kier alpha value is -4.04. The van der Waals surface area contributed by atoms with Gasteiger partial charge >= 0.3 is 0 Å². The van der Waals surface area contributed by atoms with Gasteiger partial charge in [0.1, 0.15) is 18.4 Å². The predicted molar refractivity (Wildman–Crippen MR) is 144 cm³/mol. The molecule has 170 valence electrons. The average Bonchev–Trinajstić information content (AvgIpc) is 3.11. The zero-order valence-electron chi connectivity index (χ0n) is 20.7. The molecule has 0 spiro atoms. The van der Waals surface area contributed by atoms with Crippen LogP contribution in [0.3, 0.4) is 0 Å². The van der Waals surface area contributed by atoms with Crippen LogP contribution in [0.25, 0.3) is 44.9 Å². The van der Waals surface area contributed by atoms with E-state index in [-0.39, 0.29) is 5.41 Å². The van der Waals surface area contributed by atoms with Crippen molar-refractivity contribution in [2.75, 3.05) is 0 Å². The summed E-state index contributed by atoms with van der Waals surface area (Å²) in [5.74, 6) is 0. The smallest absolute Gasteiger partial charge is 0.234 e. The number of hydrogen-bond acceptors (Lipinski definition) is 1. The first-order valence-electron chi connectivity index (χ1n) is 12.2. The lowest BCUT2D eigenvalue weighted by molar-refractivity contribution is -0.659. The van der Waals surface area contributed by atoms with Crippen LogP contribution in [0.1, 0.15) is 30.5 Å². The third kappa shape index (κ3) is 3.40. The third-order valence-electron chi connectivity index (χ3n) is 7.45. The molecule has 0 N–H and O–H groups in total. The van der Waals surface area contributed by atoms with E-state index in [0.717, 1.165) is 28.2 Å². The van der Waals surface area contributed by atoms with Crippen molar-refractivity contribution in [3.05, 3.63) is 120 Å². The molecule has 0 atom stereocenters. The van der Waals surface area contributed by atoms with Gasteiger partial charge in [0.05, 0.1) is 5.56 Å². The van der Waals surface area contributed by atoms with Gasteiger partial charge in [0.25, 0.3) is 0 Å². The van der Waals surface area contributed by atoms with Crippen LogP contribution in [0.15, 0.2) is 103 Å². The summed E-state index contributed by atoms with van der Waals surface area (Å²) in [6, 6.07) is 34.7. The Morgan fingerprint density at radius 3 is 2.09 bits per heavy atom. The number of benzene rings is 4. The number of aromatic nitrogens is 2. The van der Waals surface area contributed by atoms with Gasteiger partial charge in [-0.3, -0.25) is 0 Å². The Morgan fingerprint density at radius 2 is 1.31 bits per heavy atom. The Kier molecular flexibility index (Phi) is 4.93. The van der Waals surface area contributed by atoms with E-state index < -0.39 is 0 Å². The van der Waals surface area contributed by atoms with E-state index in [0.29, 0.717) is 0 Å². The first kappa shape index (κ1) is 21.5. The SMILES string of the molecule is Cc1ccccc1-c1c(-c2ccccc2)nc(-c2ccc3c(c2)C(C)(C)c2ccccc2-3)c[n+]1C. The summed E-state index contributed by atoms with van der Waals surface area (Å²) in [5.41, 5.74) is 13.2. The molecule has 5 aromatic rings. The normalized spacial score (nSPS) is 13.4. The van der Waals surface area contributed by atoms with E-state index in [1.165, 1.54) is 33.4 Å². The molecule has 2 nitrogen and oxygen atoms in total. The Bertz CT molecular complexity index is 1580. The molecule has 4 aromatic carbocycles. The molecule has 0 radical (unpaired) electrons. The highest BCUT2D eigenvalue weighted by Crippen LogP contribution is 2.49. The minimum atomic E-state index is -0.0343. The van der Waals surface area contributed by atoms with Gasteiger partial charge in [-0.05, 0) is 46.9 Å². The molecule has 0 unspecified atom stereocenters. The average molecular weight is 454 g/mol. The van der Waals surface area contributed by atoms with Crippen molar-refractivity contribution in [2.45, 2.75) is 26.2 Å². The molecule has 35 heavy (non-hydrogen) atoms. The van der Waals surface area contributed by atoms with E-state index in [9.17, 15) is 0 Å². The van der Waals surface area contributed by atoms with Crippen LogP contribution in [0, 0.1) is 6.92 Å². The number of hydrogen-bond donors (Lipinski definition) is 0. The summed E-state index contributed by atoms with van der Waals surface area (Å²) >= 11 is 0. The first-order valence-corrected chi connectivity index (χ1v) is 12.2. The van der Waals surface area contributed by atoms with Crippen molar-refractivity contribution in [3.8, 4) is 44.9 Å². The quantitative estimate of drug-likeness (QED) is 0.258. The molecule has 1 aliphatic carbocycles. The predicted octanol–water partition coefficient (Wildman–Crippen LogP) is 7.52. The van der Waals surface area contributed by atoms with Crippen molar-refractivity contribution in [1.29, 1.82) is 0 Å². The highest BCUT2D eigenvalue weighted by Gasteiger charge is 2.35. The van der Waals surface area contributed by atoms with Crippen molar-refractivity contribution < 1.29 is 4.57 Å². The van der Waals surface area contributed by atoms with Crippen molar-refractivity contribution in [1.82, 2.24) is 4.98 Å². The molecular weight excluding hydrogens is 424 g/mol. The zero-order valence-corrected chi connectivity index (χ0v) is 20.7. The van der Waals surface area contributed by atoms with Gasteiger partial charge < -0.3 is 0 Å². The van der Waals surface area contributed by atoms with Gasteiger partial charge in [0, 0.05) is 16.5 Å². The van der Waals surface area contributed by atoms with Crippen LogP contribution in [0.5, 0.6) is 0 Å². The molecule has 1 aliphatic rings. The second-order valence-electron chi connectivity index (χ2n) is 10.0. The Labute approximate surface area is 207 Å². The van der Waals surface area contributed by atoms with E-state index in [4.69, 9.17) is 4.98 Å². The highest BCUT2D eigenvalue weighted by molar-refractivity contribution is 5.84. The topological polar surface area (TPSA) is 16.8 Å². The molecule has 1 aromatic heterocycles. The van der Waals surface area contributed by atoms with E-state index in [2.05, 4.69) is 136 Å². The first-order chi connectivity index (χ1) is 16.9. The van der Waals surface area contributed by atoms with E-state index in [1.54, 1.807) is 0 Å². The van der Waals surface area contributed by atoms with Crippen molar-refractivity contribution in [3.63, 3.8) is 0 Å². The summed E-state index contributed by atoms with van der Waals surface area (Å²) in [6.07, 6.45) is 2.17. The third-order valence-corrected chi connectivity index (χ3v) is 7.45. The van der Waals surface area contributed by atoms with E-state index >= 15 is 0 Å². The van der Waals surface area contributed by atoms with E-state index in [1.807, 2.05) is 0 Å². The number of fused-ring (bicyclic) bond motifs is 3. The van der Waals surface area contributed by atoms with Gasteiger partial charge in [0.15, 0.2) is 6.20 Å². The lowest BCUT2D eigenvalue weighted by atomic mass is 9.82. The van der Waals surface area contributed by atoms with Gasteiger partial charge in [-0.2, -0.15) is 4.57 Å². The van der Waals surface area contributed by atoms with Crippen LogP contribution in [-0.4, -0.2) is 4.98 Å². The molecule has 1 heterocycles. The summed E-state index contributed by atoms with van der Waals surface area (Å²) in [7, 11) is 2.13. The molecule has 0 saturated heterocycles. The molecule has 0 saturated carbocycles. The van der Waals surface area contributed by atoms with Crippen LogP contribution in [-0.2, 0) is 12.5 Å². The Morgan fingerprint density at radius 1 is 0.657 bits per heavy atom. The van der Waals surface area contributed by atoms with Crippen LogP contribution in [0.4, 0.5) is 0 Å². The molecule has 6 rings (SSSR count). The second kappa shape index (κ2) is 8.02. The van der Waals surface area contributed by atoms with Crippen LogP contribution in [0.2, 0.25) is 0 Å². The van der Waals surface area contributed by atoms with Crippen molar-refractivity contribution >= 4 is 0 Å². The maximum Gasteiger partial charge on any atom is 0.239 e. The van der Waals surface area contributed by atoms with Gasteiger partial charge in [0.2, 0.25) is 5.69 Å². The summed E-state index contributed by atoms with van der Waals surface area (Å²) in [4.78, 5) is 5.29. The molecule has 0 aliphatic heterocycles. The minimum absolute atomic E-state index is 0.0343. The fourth-order valence-corrected chi connectivity index (χ4v) is 5.57. The maximum atomic E-state index is 5.29. The molecule has 0 fully saturated rings. The summed E-state index contributed by atoms with van der Waals surface area (Å²) in [5, 5.41) is 0. The lowest BCUT2D eigenvalue weighted by Gasteiger charge is -2.21. The summed E-state index contributed by atoms with van der Waals surface area (Å²) in [6.45, 7) is 6.81. The largest absolute Gasteiger partial charge is 0.239 e. The lowest BCUT2D eigenvalue weighted by Crippen LogP contribution is -2.32. The number of rotatable bonds is 3. The van der Waals surface area contributed by atoms with Crippen LogP contribution < -0.4 is 4.57 Å². The summed E-state index contributed by atoms with van der Waals surface area (Å²) < 4.78 is 2.24. The highest BCUT2D eigenvalue weighted by atomic mass is 15.0. The molecule has 0 amide bonds. The molecule has 2 heteroatoms. The fourth-order valence-electron chi connectivity index (χ4n) is 5.57. The second-order valence-corrected chi connectivity index (χ2v) is 10.0. The standard InChI is InChI=1S/C33H29N2/c1-22-12-8-9-15-25(22)32-31(23-13-6-5-7-14-23)34-30(21-35(32)4)24-18-19-27-26-16-10-11-17-28(26)33(2,3)29(27)20-24/h5-21H,1-4H3/q+1. The van der Waals surface area contributed by atoms with Gasteiger partial charge in [-0.15, -0.1) is 0 Å². The maximum absolute atomic E-state index is 5.29. The minimum Gasteiger partial charge on any atom is -0.234 e. The van der Waals surface area contributed by atoms with Gasteiger partial charge in [-0.1, -0.05) is 98.8 Å². The fraction of sp³-hybridized carbons (Fsp3) is 0.152. The number of aryl methyl sites for hydroxylation is 2.